The summed E-state index contributed by atoms with van der Waals surface area (Å²) in [5, 5.41) is 0. The van der Waals surface area contributed by atoms with Gasteiger partial charge >= 0.3 is 8.60 Å². The average Bonchev–Trinajstić information content (AvgIpc) is 2.05. The van der Waals surface area contributed by atoms with Gasteiger partial charge < -0.3 is 14.5 Å². The Hall–Kier alpha value is 0.270. The molecule has 0 atom stereocenters. The van der Waals surface area contributed by atoms with Crippen LogP contribution in [-0.2, 0) is 9.26 Å². The summed E-state index contributed by atoms with van der Waals surface area (Å²) in [4.78, 5) is 17.4. The first-order valence-electron chi connectivity index (χ1n) is 4.11. The van der Waals surface area contributed by atoms with Crippen molar-refractivity contribution in [2.75, 3.05) is 7.11 Å². The van der Waals surface area contributed by atoms with E-state index >= 15 is 0 Å². The summed E-state index contributed by atoms with van der Waals surface area (Å²) in [5.41, 5.74) is 0. The first-order valence-corrected chi connectivity index (χ1v) is 5.27. The molecule has 2 N–H and O–H groups in total. The third-order valence-corrected chi connectivity index (χ3v) is 2.73. The molecule has 0 amide bonds. The van der Waals surface area contributed by atoms with E-state index in [2.05, 4.69) is 0 Å². The van der Waals surface area contributed by atoms with Gasteiger partial charge in [-0.05, 0) is 12.8 Å². The molecule has 1 fully saturated rings. The lowest BCUT2D eigenvalue weighted by molar-refractivity contribution is -0.186. The van der Waals surface area contributed by atoms with Crippen LogP contribution < -0.4 is 0 Å². The first kappa shape index (κ1) is 10.4. The van der Waals surface area contributed by atoms with Crippen LogP contribution in [0.5, 0.6) is 0 Å². The third-order valence-electron chi connectivity index (χ3n) is 2.24. The first-order chi connectivity index (χ1) is 5.68. The van der Waals surface area contributed by atoms with Crippen molar-refractivity contribution in [3.8, 4) is 0 Å². The molecule has 1 aliphatic rings. The molecule has 0 saturated heterocycles. The molecule has 0 aromatic rings. The highest BCUT2D eigenvalue weighted by Gasteiger charge is 2.35. The predicted molar refractivity (Wildman–Crippen MR) is 45.3 cm³/mol. The minimum atomic E-state index is -2.30. The van der Waals surface area contributed by atoms with E-state index in [1.165, 1.54) is 6.42 Å². The van der Waals surface area contributed by atoms with E-state index in [-0.39, 0.29) is 0 Å². The number of hydrogen-bond donors (Lipinski definition) is 2. The molecule has 72 valence electrons. The van der Waals surface area contributed by atoms with Crippen molar-refractivity contribution >= 4 is 8.60 Å². The van der Waals surface area contributed by atoms with E-state index in [0.29, 0.717) is 0 Å². The smallest absolute Gasteiger partial charge is 0.329 e. The molecular formula is C7H15O4P. The summed E-state index contributed by atoms with van der Waals surface area (Å²) >= 11 is 0. The number of methoxy groups -OCH3 is 1. The standard InChI is InChI=1S/C7H15O4P/c1-10-7(11-12(8)9)5-3-2-4-6-7/h8-9H,2-6H2,1H3. The monoisotopic (exact) mass is 194 g/mol. The highest BCUT2D eigenvalue weighted by Crippen LogP contribution is 2.41. The van der Waals surface area contributed by atoms with Gasteiger partial charge in [-0.25, -0.2) is 0 Å². The lowest BCUT2D eigenvalue weighted by atomic mass is 9.94. The van der Waals surface area contributed by atoms with Gasteiger partial charge in [-0.15, -0.1) is 0 Å². The topological polar surface area (TPSA) is 58.9 Å². The number of rotatable bonds is 3. The van der Waals surface area contributed by atoms with E-state index in [1.54, 1.807) is 7.11 Å². The maximum absolute atomic E-state index is 8.72. The van der Waals surface area contributed by atoms with Gasteiger partial charge in [0.1, 0.15) is 0 Å². The average molecular weight is 194 g/mol. The fraction of sp³-hybridized carbons (Fsp3) is 1.00. The van der Waals surface area contributed by atoms with E-state index < -0.39 is 14.4 Å². The maximum Gasteiger partial charge on any atom is 0.329 e. The summed E-state index contributed by atoms with van der Waals surface area (Å²) < 4.78 is 10.1. The Morgan fingerprint density at radius 2 is 1.75 bits per heavy atom. The van der Waals surface area contributed by atoms with E-state index in [4.69, 9.17) is 19.0 Å². The Morgan fingerprint density at radius 1 is 1.17 bits per heavy atom. The fourth-order valence-corrected chi connectivity index (χ4v) is 2.13. The summed E-state index contributed by atoms with van der Waals surface area (Å²) in [6, 6.07) is 0. The second kappa shape index (κ2) is 4.49. The largest absolute Gasteiger partial charge is 0.353 e. The summed E-state index contributed by atoms with van der Waals surface area (Å²) in [6.45, 7) is 0. The van der Waals surface area contributed by atoms with Crippen LogP contribution in [0.2, 0.25) is 0 Å². The van der Waals surface area contributed by atoms with Crippen molar-refractivity contribution in [3.05, 3.63) is 0 Å². The van der Waals surface area contributed by atoms with Gasteiger partial charge in [0.25, 0.3) is 0 Å². The highest BCUT2D eigenvalue weighted by molar-refractivity contribution is 7.39. The Bertz CT molecular complexity index is 133. The molecule has 0 aromatic heterocycles. The van der Waals surface area contributed by atoms with Crippen LogP contribution in [0.1, 0.15) is 32.1 Å². The van der Waals surface area contributed by atoms with E-state index in [0.717, 1.165) is 25.7 Å². The van der Waals surface area contributed by atoms with Crippen LogP contribution in [0, 0.1) is 0 Å². The zero-order valence-electron chi connectivity index (χ0n) is 7.19. The van der Waals surface area contributed by atoms with Gasteiger partial charge in [0.05, 0.1) is 0 Å². The Balaban J connectivity index is 2.48. The SMILES string of the molecule is COC1(OP(O)O)CCCCC1. The molecule has 0 bridgehead atoms. The molecule has 1 rings (SSSR count). The second-order valence-corrected chi connectivity index (χ2v) is 3.71. The molecule has 1 saturated carbocycles. The molecule has 0 unspecified atom stereocenters. The molecule has 12 heavy (non-hydrogen) atoms. The van der Waals surface area contributed by atoms with Crippen LogP contribution in [0.3, 0.4) is 0 Å². The van der Waals surface area contributed by atoms with E-state index in [9.17, 15) is 0 Å². The molecule has 0 radical (unpaired) electrons. The molecular weight excluding hydrogens is 179 g/mol. The normalized spacial score (nSPS) is 23.0. The molecule has 0 spiro atoms. The van der Waals surface area contributed by atoms with Gasteiger partial charge in [-0.2, -0.15) is 0 Å². The van der Waals surface area contributed by atoms with Crippen molar-refractivity contribution in [1.82, 2.24) is 0 Å². The molecule has 0 aromatic carbocycles. The van der Waals surface area contributed by atoms with Crippen molar-refractivity contribution in [2.45, 2.75) is 37.9 Å². The Kier molecular flexibility index (Phi) is 3.87. The Labute approximate surface area is 73.5 Å². The van der Waals surface area contributed by atoms with Crippen molar-refractivity contribution in [1.29, 1.82) is 0 Å². The van der Waals surface area contributed by atoms with Crippen molar-refractivity contribution in [2.24, 2.45) is 0 Å². The number of ether oxygens (including phenoxy) is 1. The van der Waals surface area contributed by atoms with Crippen LogP contribution >= 0.6 is 8.60 Å². The zero-order valence-corrected chi connectivity index (χ0v) is 8.09. The third kappa shape index (κ3) is 2.64. The van der Waals surface area contributed by atoms with Crippen LogP contribution in [0.4, 0.5) is 0 Å². The number of hydrogen-bond acceptors (Lipinski definition) is 4. The summed E-state index contributed by atoms with van der Waals surface area (Å²) in [6.07, 6.45) is 4.73. The van der Waals surface area contributed by atoms with Gasteiger partial charge in [0, 0.05) is 20.0 Å². The molecule has 0 aliphatic heterocycles. The minimum Gasteiger partial charge on any atom is -0.353 e. The van der Waals surface area contributed by atoms with Crippen molar-refractivity contribution in [3.63, 3.8) is 0 Å². The molecule has 5 heteroatoms. The van der Waals surface area contributed by atoms with Gasteiger partial charge in [-0.3, -0.25) is 4.52 Å². The lowest BCUT2D eigenvalue weighted by Gasteiger charge is -2.35. The molecule has 4 nitrogen and oxygen atoms in total. The predicted octanol–water partition coefficient (Wildman–Crippen LogP) is 1.52. The fourth-order valence-electron chi connectivity index (χ4n) is 1.57. The zero-order chi connectivity index (χ0) is 9.03. The maximum atomic E-state index is 8.72. The quantitative estimate of drug-likeness (QED) is 0.528. The second-order valence-electron chi connectivity index (χ2n) is 3.02. The van der Waals surface area contributed by atoms with Crippen LogP contribution in [0.15, 0.2) is 0 Å². The lowest BCUT2D eigenvalue weighted by Crippen LogP contribution is -2.35. The van der Waals surface area contributed by atoms with Gasteiger partial charge in [0.15, 0.2) is 5.79 Å². The van der Waals surface area contributed by atoms with Gasteiger partial charge in [0.2, 0.25) is 0 Å². The summed E-state index contributed by atoms with van der Waals surface area (Å²) in [7, 11) is -0.757. The van der Waals surface area contributed by atoms with Crippen molar-refractivity contribution < 1.29 is 19.0 Å². The van der Waals surface area contributed by atoms with Gasteiger partial charge in [-0.1, -0.05) is 6.42 Å². The van der Waals surface area contributed by atoms with Crippen LogP contribution in [-0.4, -0.2) is 22.7 Å². The molecule has 1 aliphatic carbocycles. The van der Waals surface area contributed by atoms with Crippen LogP contribution in [0.25, 0.3) is 0 Å². The van der Waals surface area contributed by atoms with E-state index in [1.807, 2.05) is 0 Å². The minimum absolute atomic E-state index is 0.729. The summed E-state index contributed by atoms with van der Waals surface area (Å²) in [5.74, 6) is -0.729. The molecule has 0 heterocycles. The highest BCUT2D eigenvalue weighted by atomic mass is 31.2. The Morgan fingerprint density at radius 3 is 2.17 bits per heavy atom.